The number of thiophene rings is 1. The second-order valence-corrected chi connectivity index (χ2v) is 9.76. The maximum absolute atomic E-state index is 12.9. The number of nitrogens with zero attached hydrogens (tertiary/aromatic N) is 2. The van der Waals surface area contributed by atoms with Gasteiger partial charge < -0.3 is 14.6 Å². The van der Waals surface area contributed by atoms with Crippen molar-refractivity contribution >= 4 is 35.0 Å². The number of anilines is 1. The molecule has 1 aliphatic rings. The van der Waals surface area contributed by atoms with E-state index in [1.165, 1.54) is 12.0 Å². The smallest absolute Gasteiger partial charge is 0.341 e. The minimum absolute atomic E-state index is 0.0230. The number of carbonyl (C=O) groups is 2. The lowest BCUT2D eigenvalue weighted by atomic mass is 9.95. The van der Waals surface area contributed by atoms with Gasteiger partial charge in [0.2, 0.25) is 0 Å². The molecule has 35 heavy (non-hydrogen) atoms. The van der Waals surface area contributed by atoms with Gasteiger partial charge in [-0.2, -0.15) is 5.26 Å². The molecule has 0 radical (unpaired) electrons. The topological polar surface area (TPSA) is 84.1 Å². The molecule has 2 aromatic heterocycles. The number of hydrogen-bond donors (Lipinski definition) is 1. The fraction of sp³-hybridized carbons (Fsp3) is 0.321. The number of amides is 1. The SMILES string of the molecule is CCc1ccccc1NC(=O)/C(C#N)=C\c1cc(C)n(-c2sc3c(c2C(=O)OC)CCCC3)c1C. The van der Waals surface area contributed by atoms with Gasteiger partial charge in [0.15, 0.2) is 0 Å². The van der Waals surface area contributed by atoms with Crippen LogP contribution in [-0.2, 0) is 28.8 Å². The first-order valence-electron chi connectivity index (χ1n) is 11.8. The summed E-state index contributed by atoms with van der Waals surface area (Å²) < 4.78 is 7.19. The summed E-state index contributed by atoms with van der Waals surface area (Å²) in [5, 5.41) is 13.5. The maximum Gasteiger partial charge on any atom is 0.341 e. The van der Waals surface area contributed by atoms with Gasteiger partial charge in [0, 0.05) is 22.0 Å². The Morgan fingerprint density at radius 1 is 1.23 bits per heavy atom. The van der Waals surface area contributed by atoms with E-state index in [2.05, 4.69) is 11.4 Å². The molecule has 0 fully saturated rings. The average molecular weight is 488 g/mol. The lowest BCUT2D eigenvalue weighted by molar-refractivity contribution is -0.112. The Bertz CT molecular complexity index is 1370. The molecule has 2 heterocycles. The van der Waals surface area contributed by atoms with Crippen molar-refractivity contribution in [3.8, 4) is 11.1 Å². The molecular formula is C28H29N3O3S. The number of nitrogens with one attached hydrogen (secondary N) is 1. The molecule has 4 rings (SSSR count). The predicted molar refractivity (Wildman–Crippen MR) is 139 cm³/mol. The van der Waals surface area contributed by atoms with Gasteiger partial charge in [-0.15, -0.1) is 11.3 Å². The van der Waals surface area contributed by atoms with Crippen molar-refractivity contribution in [1.29, 1.82) is 5.26 Å². The minimum atomic E-state index is -0.444. The van der Waals surface area contributed by atoms with Gasteiger partial charge in [-0.1, -0.05) is 25.1 Å². The number of ether oxygens (including phenoxy) is 1. The summed E-state index contributed by atoms with van der Waals surface area (Å²) in [6.45, 7) is 5.93. The molecule has 0 saturated carbocycles. The standard InChI is InChI=1S/C28H29N3O3S/c1-5-19-10-6-8-12-23(19)30-26(32)21(16-29)15-20-14-17(2)31(18(20)3)27-25(28(33)34-4)22-11-7-9-13-24(22)35-27/h6,8,10,12,14-15H,5,7,9,11,13H2,1-4H3,(H,30,32)/b21-15-. The predicted octanol–water partition coefficient (Wildman–Crippen LogP) is 5.93. The summed E-state index contributed by atoms with van der Waals surface area (Å²) in [5.74, 6) is -0.768. The number of hydrogen-bond acceptors (Lipinski definition) is 5. The van der Waals surface area contributed by atoms with Crippen molar-refractivity contribution in [3.63, 3.8) is 0 Å². The second-order valence-electron chi connectivity index (χ2n) is 8.68. The van der Waals surface area contributed by atoms with Crippen molar-refractivity contribution in [1.82, 2.24) is 4.57 Å². The fourth-order valence-corrected chi connectivity index (χ4v) is 6.20. The van der Waals surface area contributed by atoms with Crippen LogP contribution in [0.5, 0.6) is 0 Å². The number of benzene rings is 1. The molecule has 180 valence electrons. The van der Waals surface area contributed by atoms with Crippen LogP contribution in [0.2, 0.25) is 0 Å². The van der Waals surface area contributed by atoms with Crippen LogP contribution in [0.25, 0.3) is 11.1 Å². The highest BCUT2D eigenvalue weighted by atomic mass is 32.1. The van der Waals surface area contributed by atoms with Crippen LogP contribution in [0.3, 0.4) is 0 Å². The fourth-order valence-electron chi connectivity index (χ4n) is 4.71. The summed E-state index contributed by atoms with van der Waals surface area (Å²) in [6, 6.07) is 11.6. The molecule has 0 bridgehead atoms. The summed E-state index contributed by atoms with van der Waals surface area (Å²) in [4.78, 5) is 26.9. The highest BCUT2D eigenvalue weighted by Crippen LogP contribution is 2.39. The first-order valence-corrected chi connectivity index (χ1v) is 12.6. The highest BCUT2D eigenvalue weighted by Gasteiger charge is 2.28. The van der Waals surface area contributed by atoms with Crippen molar-refractivity contribution in [2.24, 2.45) is 0 Å². The molecule has 0 saturated heterocycles. The largest absolute Gasteiger partial charge is 0.465 e. The van der Waals surface area contributed by atoms with E-state index in [9.17, 15) is 14.9 Å². The van der Waals surface area contributed by atoms with Crippen molar-refractivity contribution in [3.05, 3.63) is 74.4 Å². The van der Waals surface area contributed by atoms with Gasteiger partial charge in [-0.05, 0) is 80.9 Å². The normalized spacial score (nSPS) is 13.2. The second kappa shape index (κ2) is 10.3. The molecule has 0 unspecified atom stereocenters. The molecule has 1 aromatic carbocycles. The molecule has 0 aliphatic heterocycles. The van der Waals surface area contributed by atoms with Crippen LogP contribution < -0.4 is 5.32 Å². The summed E-state index contributed by atoms with van der Waals surface area (Å²) in [7, 11) is 1.41. The number of aromatic nitrogens is 1. The van der Waals surface area contributed by atoms with Crippen molar-refractivity contribution in [2.75, 3.05) is 12.4 Å². The van der Waals surface area contributed by atoms with Gasteiger partial charge >= 0.3 is 5.97 Å². The van der Waals surface area contributed by atoms with Gasteiger partial charge in [0.25, 0.3) is 5.91 Å². The molecule has 1 aliphatic carbocycles. The molecule has 3 aromatic rings. The van der Waals surface area contributed by atoms with Crippen LogP contribution in [-0.4, -0.2) is 23.6 Å². The van der Waals surface area contributed by atoms with Crippen LogP contribution in [0.4, 0.5) is 5.69 Å². The van der Waals surface area contributed by atoms with Gasteiger partial charge in [0.05, 0.1) is 12.7 Å². The van der Waals surface area contributed by atoms with E-state index >= 15 is 0 Å². The quantitative estimate of drug-likeness (QED) is 0.265. The van der Waals surface area contributed by atoms with Crippen LogP contribution in [0.1, 0.15) is 63.1 Å². The molecule has 7 heteroatoms. The molecule has 6 nitrogen and oxygen atoms in total. The Morgan fingerprint density at radius 3 is 2.69 bits per heavy atom. The molecular weight excluding hydrogens is 458 g/mol. The number of rotatable bonds is 6. The average Bonchev–Trinajstić information content (AvgIpc) is 3.37. The van der Waals surface area contributed by atoms with E-state index in [1.807, 2.05) is 55.7 Å². The number of nitriles is 1. The van der Waals surface area contributed by atoms with E-state index < -0.39 is 5.91 Å². The Balaban J connectivity index is 1.74. The summed E-state index contributed by atoms with van der Waals surface area (Å²) in [5.41, 5.74) is 6.02. The van der Waals surface area contributed by atoms with Crippen LogP contribution in [0, 0.1) is 25.2 Å². The monoisotopic (exact) mass is 487 g/mol. The summed E-state index contributed by atoms with van der Waals surface area (Å²) in [6.07, 6.45) is 6.42. The van der Waals surface area contributed by atoms with E-state index in [-0.39, 0.29) is 11.5 Å². The molecule has 1 amide bonds. The van der Waals surface area contributed by atoms with E-state index in [0.717, 1.165) is 65.2 Å². The number of para-hydroxylation sites is 1. The number of methoxy groups -OCH3 is 1. The third kappa shape index (κ3) is 4.67. The minimum Gasteiger partial charge on any atom is -0.465 e. The first kappa shape index (κ1) is 24.5. The van der Waals surface area contributed by atoms with Crippen LogP contribution >= 0.6 is 11.3 Å². The number of carbonyl (C=O) groups excluding carboxylic acids is 2. The number of aryl methyl sites for hydroxylation is 3. The Labute approximate surface area is 209 Å². The van der Waals surface area contributed by atoms with E-state index in [1.54, 1.807) is 17.4 Å². The molecule has 0 spiro atoms. The zero-order valence-corrected chi connectivity index (χ0v) is 21.3. The number of fused-ring (bicyclic) bond motifs is 1. The lowest BCUT2D eigenvalue weighted by Gasteiger charge is -2.13. The van der Waals surface area contributed by atoms with Crippen LogP contribution in [0.15, 0.2) is 35.9 Å². The maximum atomic E-state index is 12.9. The third-order valence-corrected chi connectivity index (χ3v) is 7.80. The lowest BCUT2D eigenvalue weighted by Crippen LogP contribution is -2.14. The van der Waals surface area contributed by atoms with Crippen molar-refractivity contribution in [2.45, 2.75) is 52.9 Å². The molecule has 0 atom stereocenters. The third-order valence-electron chi connectivity index (χ3n) is 6.53. The van der Waals surface area contributed by atoms with E-state index in [0.29, 0.717) is 11.3 Å². The van der Waals surface area contributed by atoms with E-state index in [4.69, 9.17) is 4.74 Å². The number of esters is 1. The zero-order valence-electron chi connectivity index (χ0n) is 20.5. The van der Waals surface area contributed by atoms with Gasteiger partial charge in [0.1, 0.15) is 16.6 Å². The van der Waals surface area contributed by atoms with Gasteiger partial charge in [-0.25, -0.2) is 4.79 Å². The molecule has 1 N–H and O–H groups in total. The Hall–Kier alpha value is -3.63. The Kier molecular flexibility index (Phi) is 7.23. The zero-order chi connectivity index (χ0) is 25.1. The highest BCUT2D eigenvalue weighted by molar-refractivity contribution is 7.15. The summed E-state index contributed by atoms with van der Waals surface area (Å²) >= 11 is 1.63. The van der Waals surface area contributed by atoms with Gasteiger partial charge in [-0.3, -0.25) is 4.79 Å². The van der Waals surface area contributed by atoms with Crippen molar-refractivity contribution < 1.29 is 14.3 Å². The Morgan fingerprint density at radius 2 is 1.97 bits per heavy atom. The first-order chi connectivity index (χ1) is 16.9.